The number of benzene rings is 4. The molecule has 4 amide bonds. The molecule has 2 aliphatic carbocycles. The number of allylic oxidation sites excluding steroid dienone is 2. The fraction of sp³-hybridized carbons (Fsp3) is 0.231. The van der Waals surface area contributed by atoms with E-state index in [1.165, 1.54) is 42.3 Å². The molecule has 12 heteroatoms. The first-order valence-electron chi connectivity index (χ1n) is 16.4. The Morgan fingerprint density at radius 2 is 1.61 bits per heavy atom. The maximum atomic E-state index is 15.2. The summed E-state index contributed by atoms with van der Waals surface area (Å²) in [5.41, 5.74) is 3.96. The molecule has 0 spiro atoms. The molecule has 2 saturated heterocycles. The highest BCUT2D eigenvalue weighted by Gasteiger charge is 2.70. The van der Waals surface area contributed by atoms with Crippen LogP contribution in [0, 0.1) is 33.1 Å². The molecule has 6 atom stereocenters. The van der Waals surface area contributed by atoms with E-state index in [2.05, 4.69) is 28.0 Å². The first-order chi connectivity index (χ1) is 24.5. The number of halogens is 3. The zero-order valence-electron chi connectivity index (χ0n) is 27.1. The molecule has 4 aromatic rings. The molecule has 2 N–H and O–H groups in total. The lowest BCUT2D eigenvalue weighted by Crippen LogP contribution is -2.53. The number of nitrogens with one attached hydrogen (secondary N) is 1. The summed E-state index contributed by atoms with van der Waals surface area (Å²) < 4.78 is 20.1. The summed E-state index contributed by atoms with van der Waals surface area (Å²) in [6.45, 7) is 0. The van der Waals surface area contributed by atoms with E-state index in [4.69, 9.17) is 16.3 Å². The van der Waals surface area contributed by atoms with E-state index in [1.54, 1.807) is 48.5 Å². The van der Waals surface area contributed by atoms with Crippen LogP contribution in [0.2, 0.25) is 5.02 Å². The quantitative estimate of drug-likeness (QED) is 0.123. The molecule has 0 aromatic heterocycles. The normalized spacial score (nSPS) is 26.8. The Labute approximate surface area is 311 Å². The van der Waals surface area contributed by atoms with Crippen LogP contribution in [0.4, 0.5) is 15.8 Å². The van der Waals surface area contributed by atoms with Crippen LogP contribution in [-0.4, -0.2) is 40.9 Å². The Bertz CT molecular complexity index is 2140. The number of nitrogens with zero attached hydrogens (tertiary/aromatic N) is 2. The topological polar surface area (TPSA) is 116 Å². The zero-order chi connectivity index (χ0) is 35.8. The zero-order valence-corrected chi connectivity index (χ0v) is 30.0. The van der Waals surface area contributed by atoms with Crippen LogP contribution in [0.1, 0.15) is 29.9 Å². The van der Waals surface area contributed by atoms with Gasteiger partial charge in [-0.05, 0) is 125 Å². The molecule has 1 saturated carbocycles. The minimum absolute atomic E-state index is 0.0972. The maximum Gasteiger partial charge on any atom is 0.260 e. The van der Waals surface area contributed by atoms with Crippen molar-refractivity contribution in [3.8, 4) is 11.5 Å². The Balaban J connectivity index is 1.33. The number of methoxy groups -OCH3 is 1. The van der Waals surface area contributed by atoms with Gasteiger partial charge >= 0.3 is 0 Å². The van der Waals surface area contributed by atoms with Crippen molar-refractivity contribution in [2.75, 3.05) is 17.4 Å². The molecule has 2 heterocycles. The standard InChI is InChI=1S/C39H30ClFIN3O6/c1-51-32-17-2-20(18-31(32)46)34-27-15-16-28-33(37(49)44(35(28)47)26-13-9-24(42)10-14-26)29(27)19-30-36(48)45(43-25-11-7-23(41)8-12-25)38(50)39(30,34)21-3-5-22(40)6-4-21/h2-15,17-18,28-30,33-34,43,46H,16,19H2,1H3/t28-,29+,30-,33-,34-,39+/m0/s1. The number of rotatable bonds is 6. The number of carbonyl (C=O) groups excluding carboxylic acids is 4. The number of hydrogen-bond acceptors (Lipinski definition) is 7. The molecule has 0 radical (unpaired) electrons. The predicted octanol–water partition coefficient (Wildman–Crippen LogP) is 6.99. The molecule has 4 aliphatic rings. The average molecular weight is 818 g/mol. The number of aromatic hydroxyl groups is 1. The van der Waals surface area contributed by atoms with Gasteiger partial charge in [0.15, 0.2) is 11.5 Å². The van der Waals surface area contributed by atoms with E-state index in [0.29, 0.717) is 27.5 Å². The lowest BCUT2D eigenvalue weighted by atomic mass is 9.49. The Kier molecular flexibility index (Phi) is 8.17. The van der Waals surface area contributed by atoms with Crippen LogP contribution in [0.15, 0.2) is 103 Å². The summed E-state index contributed by atoms with van der Waals surface area (Å²) in [6, 6.07) is 24.1. The lowest BCUT2D eigenvalue weighted by molar-refractivity contribution is -0.138. The summed E-state index contributed by atoms with van der Waals surface area (Å²) in [4.78, 5) is 59.6. The van der Waals surface area contributed by atoms with Crippen molar-refractivity contribution in [1.82, 2.24) is 5.01 Å². The van der Waals surface area contributed by atoms with Crippen molar-refractivity contribution >= 4 is 69.2 Å². The van der Waals surface area contributed by atoms with Gasteiger partial charge in [-0.1, -0.05) is 41.4 Å². The predicted molar refractivity (Wildman–Crippen MR) is 195 cm³/mol. The number of amides is 4. The number of hydrogen-bond donors (Lipinski definition) is 2. The van der Waals surface area contributed by atoms with Gasteiger partial charge in [-0.25, -0.2) is 4.39 Å². The minimum Gasteiger partial charge on any atom is -0.504 e. The van der Waals surface area contributed by atoms with Crippen molar-refractivity contribution < 1.29 is 33.4 Å². The van der Waals surface area contributed by atoms with Gasteiger partial charge in [-0.2, -0.15) is 5.01 Å². The molecule has 51 heavy (non-hydrogen) atoms. The van der Waals surface area contributed by atoms with E-state index in [0.717, 1.165) is 14.2 Å². The van der Waals surface area contributed by atoms with Gasteiger partial charge in [-0.15, -0.1) is 0 Å². The van der Waals surface area contributed by atoms with Crippen LogP contribution >= 0.6 is 34.2 Å². The summed E-state index contributed by atoms with van der Waals surface area (Å²) >= 11 is 8.51. The van der Waals surface area contributed by atoms with Gasteiger partial charge in [0.2, 0.25) is 11.8 Å². The van der Waals surface area contributed by atoms with E-state index >= 15 is 4.79 Å². The second-order valence-electron chi connectivity index (χ2n) is 13.3. The van der Waals surface area contributed by atoms with Crippen LogP contribution in [0.5, 0.6) is 11.5 Å². The third-order valence-electron chi connectivity index (χ3n) is 10.9. The number of anilines is 2. The molecule has 9 nitrogen and oxygen atoms in total. The third-order valence-corrected chi connectivity index (χ3v) is 11.8. The molecular formula is C39H30ClFIN3O6. The first kappa shape index (κ1) is 33.4. The molecule has 4 aromatic carbocycles. The monoisotopic (exact) mass is 817 g/mol. The van der Waals surface area contributed by atoms with Gasteiger partial charge in [0.1, 0.15) is 5.82 Å². The number of imide groups is 2. The lowest BCUT2D eigenvalue weighted by Gasteiger charge is -2.50. The molecule has 0 unspecified atom stereocenters. The average Bonchev–Trinajstić information content (AvgIpc) is 3.50. The largest absolute Gasteiger partial charge is 0.504 e. The highest BCUT2D eigenvalue weighted by molar-refractivity contribution is 14.1. The van der Waals surface area contributed by atoms with Crippen molar-refractivity contribution in [3.63, 3.8) is 0 Å². The summed E-state index contributed by atoms with van der Waals surface area (Å²) in [6.07, 6.45) is 2.30. The minimum atomic E-state index is -1.56. The maximum absolute atomic E-state index is 15.2. The Morgan fingerprint density at radius 1 is 0.902 bits per heavy atom. The van der Waals surface area contributed by atoms with Crippen LogP contribution in [0.25, 0.3) is 0 Å². The van der Waals surface area contributed by atoms with E-state index < -0.39 is 52.6 Å². The van der Waals surface area contributed by atoms with Crippen LogP contribution in [-0.2, 0) is 24.6 Å². The second-order valence-corrected chi connectivity index (χ2v) is 15.0. The number of hydrazine groups is 1. The van der Waals surface area contributed by atoms with Crippen molar-refractivity contribution in [1.29, 1.82) is 0 Å². The van der Waals surface area contributed by atoms with Crippen LogP contribution in [0.3, 0.4) is 0 Å². The van der Waals surface area contributed by atoms with E-state index in [1.807, 2.05) is 18.2 Å². The molecular weight excluding hydrogens is 788 g/mol. The first-order valence-corrected chi connectivity index (χ1v) is 17.9. The number of phenolic OH excluding ortho intramolecular Hbond substituents is 1. The Morgan fingerprint density at radius 3 is 2.27 bits per heavy atom. The van der Waals surface area contributed by atoms with Crippen molar-refractivity contribution in [2.45, 2.75) is 24.2 Å². The molecule has 0 bridgehead atoms. The highest BCUT2D eigenvalue weighted by atomic mass is 127. The molecule has 8 rings (SSSR count). The number of fused-ring (bicyclic) bond motifs is 4. The fourth-order valence-electron chi connectivity index (χ4n) is 8.76. The Hall–Kier alpha value is -4.75. The summed E-state index contributed by atoms with van der Waals surface area (Å²) in [5.74, 6) is -6.05. The van der Waals surface area contributed by atoms with E-state index in [9.17, 15) is 23.9 Å². The van der Waals surface area contributed by atoms with Gasteiger partial charge in [0.05, 0.1) is 41.7 Å². The van der Waals surface area contributed by atoms with Crippen molar-refractivity contribution in [2.24, 2.45) is 23.7 Å². The fourth-order valence-corrected chi connectivity index (χ4v) is 9.25. The molecule has 2 aliphatic heterocycles. The number of carbonyl (C=O) groups is 4. The van der Waals surface area contributed by atoms with Gasteiger partial charge in [-0.3, -0.25) is 29.5 Å². The van der Waals surface area contributed by atoms with Gasteiger partial charge in [0, 0.05) is 14.5 Å². The second kappa shape index (κ2) is 12.5. The SMILES string of the molecule is COc1ccc([C@H]2C3=CC[C@@H]4C(=O)N(c5ccc(I)cc5)C(=O)[C@@H]4[C@@H]3C[C@H]3C(=O)N(Nc4ccc(F)cc4)C(=O)[C@@]23c2ccc(Cl)cc2)cc1O. The smallest absolute Gasteiger partial charge is 0.260 e. The van der Waals surface area contributed by atoms with E-state index in [-0.39, 0.29) is 36.2 Å². The van der Waals surface area contributed by atoms with Crippen LogP contribution < -0.4 is 15.1 Å². The summed E-state index contributed by atoms with van der Waals surface area (Å²) in [5, 5.41) is 12.5. The highest BCUT2D eigenvalue weighted by Crippen LogP contribution is 2.64. The van der Waals surface area contributed by atoms with Gasteiger partial charge in [0.25, 0.3) is 11.8 Å². The summed E-state index contributed by atoms with van der Waals surface area (Å²) in [7, 11) is 1.43. The van der Waals surface area contributed by atoms with Gasteiger partial charge < -0.3 is 9.84 Å². The van der Waals surface area contributed by atoms with Crippen molar-refractivity contribution in [3.05, 3.63) is 128 Å². The molecule has 258 valence electrons. The number of ether oxygens (including phenoxy) is 1. The number of phenols is 1. The third kappa shape index (κ3) is 5.07. The molecule has 3 fully saturated rings.